The molecule has 14 rings (SSSR count). The van der Waals surface area contributed by atoms with Crippen molar-refractivity contribution in [3.63, 3.8) is 0 Å². The summed E-state index contributed by atoms with van der Waals surface area (Å²) in [5.41, 5.74) is 20.2. The van der Waals surface area contributed by atoms with Crippen molar-refractivity contribution in [2.75, 3.05) is 4.90 Å². The van der Waals surface area contributed by atoms with Crippen LogP contribution in [0.2, 0.25) is 0 Å². The van der Waals surface area contributed by atoms with Crippen LogP contribution in [0, 0.1) is 0 Å². The van der Waals surface area contributed by atoms with E-state index >= 15 is 0 Å². The van der Waals surface area contributed by atoms with E-state index in [1.54, 1.807) is 0 Å². The maximum absolute atomic E-state index is 2.49. The van der Waals surface area contributed by atoms with Crippen molar-refractivity contribution in [1.82, 2.24) is 9.13 Å². The number of hydrogen-bond donors (Lipinski definition) is 0. The minimum Gasteiger partial charge on any atom is -0.310 e. The number of anilines is 3. The van der Waals surface area contributed by atoms with Crippen LogP contribution in [0.25, 0.3) is 99.1 Å². The highest BCUT2D eigenvalue weighted by Gasteiger charge is 2.38. The van der Waals surface area contributed by atoms with Gasteiger partial charge in [-0.1, -0.05) is 166 Å². The fourth-order valence-electron chi connectivity index (χ4n) is 11.7. The van der Waals surface area contributed by atoms with Gasteiger partial charge in [-0.3, -0.25) is 0 Å². The summed E-state index contributed by atoms with van der Waals surface area (Å²) in [6.07, 6.45) is 0. The summed E-state index contributed by atoms with van der Waals surface area (Å²) in [6, 6.07) is 91.8. The molecule has 3 heteroatoms. The lowest BCUT2D eigenvalue weighted by Crippen LogP contribution is -2.30. The van der Waals surface area contributed by atoms with Gasteiger partial charge in [0.25, 0.3) is 0 Å². The van der Waals surface area contributed by atoms with Gasteiger partial charge in [-0.25, -0.2) is 0 Å². The zero-order chi connectivity index (χ0) is 46.5. The summed E-state index contributed by atoms with van der Waals surface area (Å²) in [6.45, 7) is 4.82. The van der Waals surface area contributed by atoms with Crippen LogP contribution in [-0.4, -0.2) is 9.13 Å². The van der Waals surface area contributed by atoms with E-state index < -0.39 is 0 Å². The molecule has 1 aliphatic rings. The van der Waals surface area contributed by atoms with Gasteiger partial charge in [-0.15, -0.1) is 0 Å². The first-order chi connectivity index (χ1) is 34.5. The number of hydrogen-bond acceptors (Lipinski definition) is 1. The molecule has 11 aromatic carbocycles. The van der Waals surface area contributed by atoms with E-state index in [0.29, 0.717) is 0 Å². The number of para-hydroxylation sites is 4. The molecule has 2 aromatic heterocycles. The monoisotopic (exact) mass is 893 g/mol. The van der Waals surface area contributed by atoms with Crippen LogP contribution >= 0.6 is 0 Å². The van der Waals surface area contributed by atoms with E-state index in [0.717, 1.165) is 5.69 Å². The van der Waals surface area contributed by atoms with Gasteiger partial charge in [-0.05, 0) is 152 Å². The van der Waals surface area contributed by atoms with Gasteiger partial charge in [0.1, 0.15) is 0 Å². The van der Waals surface area contributed by atoms with Crippen LogP contribution in [0.5, 0.6) is 0 Å². The Balaban J connectivity index is 0.931. The van der Waals surface area contributed by atoms with E-state index in [2.05, 4.69) is 277 Å². The van der Waals surface area contributed by atoms with Crippen LogP contribution in [0.4, 0.5) is 17.1 Å². The number of aromatic nitrogens is 2. The van der Waals surface area contributed by atoms with Gasteiger partial charge in [-0.2, -0.15) is 0 Å². The van der Waals surface area contributed by atoms with Crippen molar-refractivity contribution in [2.45, 2.75) is 19.3 Å². The number of nitrogens with zero attached hydrogens (tertiary/aromatic N) is 3. The van der Waals surface area contributed by atoms with Crippen molar-refractivity contribution in [1.29, 1.82) is 0 Å². The Bertz CT molecular complexity index is 3980. The highest BCUT2D eigenvalue weighted by atomic mass is 15.2. The molecule has 0 amide bonds. The molecule has 3 heterocycles. The Kier molecular flexibility index (Phi) is 8.93. The normalized spacial score (nSPS) is 13.1. The molecule has 3 nitrogen and oxygen atoms in total. The first kappa shape index (κ1) is 40.2. The Labute approximate surface area is 407 Å². The third-order valence-electron chi connectivity index (χ3n) is 15.1. The number of fused-ring (bicyclic) bond motifs is 9. The lowest BCUT2D eigenvalue weighted by Gasteiger charge is -2.42. The zero-order valence-electron chi connectivity index (χ0n) is 39.0. The van der Waals surface area contributed by atoms with E-state index in [1.807, 2.05) is 0 Å². The molecule has 0 saturated heterocycles. The van der Waals surface area contributed by atoms with Gasteiger partial charge in [0.15, 0.2) is 0 Å². The summed E-state index contributed by atoms with van der Waals surface area (Å²) in [7, 11) is 0. The Morgan fingerprint density at radius 3 is 1.24 bits per heavy atom. The predicted octanol–water partition coefficient (Wildman–Crippen LogP) is 18.1. The quantitative estimate of drug-likeness (QED) is 0.162. The predicted molar refractivity (Wildman–Crippen MR) is 296 cm³/mol. The van der Waals surface area contributed by atoms with Crippen LogP contribution in [-0.2, 0) is 5.41 Å². The van der Waals surface area contributed by atoms with E-state index in [9.17, 15) is 0 Å². The Morgan fingerprint density at radius 2 is 0.700 bits per heavy atom. The molecule has 0 spiro atoms. The molecular weight excluding hydrogens is 847 g/mol. The topological polar surface area (TPSA) is 13.1 Å². The van der Waals surface area contributed by atoms with Crippen LogP contribution in [0.3, 0.4) is 0 Å². The Morgan fingerprint density at radius 1 is 0.286 bits per heavy atom. The summed E-state index contributed by atoms with van der Waals surface area (Å²) >= 11 is 0. The second kappa shape index (κ2) is 15.6. The molecule has 330 valence electrons. The molecule has 0 aliphatic carbocycles. The minimum atomic E-state index is -0.336. The lowest BCUT2D eigenvalue weighted by molar-refractivity contribution is 0.632. The van der Waals surface area contributed by atoms with Gasteiger partial charge in [0.2, 0.25) is 0 Å². The first-order valence-electron chi connectivity index (χ1n) is 24.3. The Hall–Kier alpha value is -8.92. The lowest BCUT2D eigenvalue weighted by atomic mass is 9.72. The smallest absolute Gasteiger partial charge is 0.0541 e. The van der Waals surface area contributed by atoms with E-state index in [4.69, 9.17) is 0 Å². The largest absolute Gasteiger partial charge is 0.310 e. The summed E-state index contributed by atoms with van der Waals surface area (Å²) in [4.78, 5) is 2.49. The van der Waals surface area contributed by atoms with Gasteiger partial charge in [0, 0.05) is 44.0 Å². The fraction of sp³-hybridized carbons (Fsp3) is 0.0448. The first-order valence-corrected chi connectivity index (χ1v) is 24.3. The highest BCUT2D eigenvalue weighted by Crippen LogP contribution is 2.54. The van der Waals surface area contributed by atoms with Gasteiger partial charge < -0.3 is 14.0 Å². The second-order valence-corrected chi connectivity index (χ2v) is 19.3. The maximum atomic E-state index is 2.49. The molecule has 70 heavy (non-hydrogen) atoms. The summed E-state index contributed by atoms with van der Waals surface area (Å²) in [5.74, 6) is 0. The second-order valence-electron chi connectivity index (χ2n) is 19.3. The summed E-state index contributed by atoms with van der Waals surface area (Å²) < 4.78 is 4.78. The van der Waals surface area contributed by atoms with Crippen molar-refractivity contribution in [2.24, 2.45) is 0 Å². The van der Waals surface area contributed by atoms with Crippen LogP contribution in [0.1, 0.15) is 25.0 Å². The van der Waals surface area contributed by atoms with E-state index in [1.165, 1.54) is 122 Å². The third-order valence-corrected chi connectivity index (χ3v) is 15.1. The molecule has 0 fully saturated rings. The molecule has 0 atom stereocenters. The molecule has 0 radical (unpaired) electrons. The molecule has 0 saturated carbocycles. The minimum absolute atomic E-state index is 0.336. The standard InChI is InChI=1S/C67H47N3/c1-67(2)59-42-48(46-30-36-63-57(40-46)55-23-11-13-26-61(55)68(63)50-18-5-3-6-19-50)32-38-65(59)70(52-34-28-45(29-35-52)54-25-15-17-44-16-9-10-22-53(44)54)66-39-33-49(43-60(66)67)47-31-37-64-58(41-47)56-24-12-14-27-62(56)69(64)51-20-7-4-8-21-51/h3-43H,1-2H3. The van der Waals surface area contributed by atoms with Crippen molar-refractivity contribution in [3.8, 4) is 44.8 Å². The molecule has 0 unspecified atom stereocenters. The summed E-state index contributed by atoms with van der Waals surface area (Å²) in [5, 5.41) is 7.52. The van der Waals surface area contributed by atoms with Crippen molar-refractivity contribution < 1.29 is 0 Å². The van der Waals surface area contributed by atoms with Gasteiger partial charge in [0.05, 0.1) is 33.4 Å². The molecule has 13 aromatic rings. The van der Waals surface area contributed by atoms with E-state index in [-0.39, 0.29) is 5.41 Å². The number of benzene rings is 11. The van der Waals surface area contributed by atoms with Crippen LogP contribution in [0.15, 0.2) is 249 Å². The molecular formula is C67H47N3. The molecule has 0 N–H and O–H groups in total. The average Bonchev–Trinajstić information content (AvgIpc) is 3.93. The van der Waals surface area contributed by atoms with Gasteiger partial charge >= 0.3 is 0 Å². The average molecular weight is 894 g/mol. The maximum Gasteiger partial charge on any atom is 0.0541 e. The molecule has 0 bridgehead atoms. The fourth-order valence-corrected chi connectivity index (χ4v) is 11.7. The third kappa shape index (κ3) is 6.15. The zero-order valence-corrected chi connectivity index (χ0v) is 39.0. The SMILES string of the molecule is CC1(C)c2cc(-c3ccc4c(c3)c3ccccc3n4-c3ccccc3)ccc2N(c2ccc(-c3cccc4ccccc34)cc2)c2ccc(-c3ccc4c(c3)c3ccccc3n4-c3ccccc3)cc21. The highest BCUT2D eigenvalue weighted by molar-refractivity contribution is 6.12. The molecule has 1 aliphatic heterocycles. The van der Waals surface area contributed by atoms with Crippen molar-refractivity contribution >= 4 is 71.4 Å². The van der Waals surface area contributed by atoms with Crippen molar-refractivity contribution in [3.05, 3.63) is 260 Å². The number of rotatable bonds is 6. The van der Waals surface area contributed by atoms with Crippen LogP contribution < -0.4 is 4.90 Å².